The molecule has 2 aromatic carbocycles. The van der Waals surface area contributed by atoms with E-state index in [2.05, 4.69) is 5.32 Å². The number of hydrogen-bond donors (Lipinski definition) is 1. The Labute approximate surface area is 136 Å². The largest absolute Gasteiger partial charge is 0.461 e. The van der Waals surface area contributed by atoms with Crippen molar-refractivity contribution in [2.24, 2.45) is 0 Å². The van der Waals surface area contributed by atoms with Gasteiger partial charge in [-0.2, -0.15) is 0 Å². The van der Waals surface area contributed by atoms with Crippen LogP contribution < -0.4 is 5.32 Å². The maximum absolute atomic E-state index is 12.0. The number of furan rings is 1. The molecule has 0 unspecified atom stereocenters. The fraction of sp³-hybridized carbons (Fsp3) is 0.150. The van der Waals surface area contributed by atoms with E-state index in [0.717, 1.165) is 22.8 Å². The molecule has 23 heavy (non-hydrogen) atoms. The van der Waals surface area contributed by atoms with Gasteiger partial charge in [0.05, 0.1) is 0 Å². The molecule has 1 heterocycles. The van der Waals surface area contributed by atoms with Crippen LogP contribution in [0, 0.1) is 6.92 Å². The Balaban J connectivity index is 1.55. The van der Waals surface area contributed by atoms with Crippen LogP contribution in [0.4, 0.5) is 5.69 Å². The first kappa shape index (κ1) is 15.1. The molecule has 0 aliphatic heterocycles. The van der Waals surface area contributed by atoms with Crippen molar-refractivity contribution in [3.05, 3.63) is 78.1 Å². The smallest absolute Gasteiger partial charge is 0.224 e. The summed E-state index contributed by atoms with van der Waals surface area (Å²) in [6.45, 7) is 2.02. The van der Waals surface area contributed by atoms with Crippen LogP contribution in [-0.2, 0) is 11.2 Å². The predicted octanol–water partition coefficient (Wildman–Crippen LogP) is 4.83. The molecule has 0 saturated carbocycles. The minimum Gasteiger partial charge on any atom is -0.461 e. The summed E-state index contributed by atoms with van der Waals surface area (Å²) >= 11 is 0. The number of carbonyl (C=O) groups excluding carboxylic acids is 1. The molecule has 0 aliphatic rings. The van der Waals surface area contributed by atoms with Gasteiger partial charge in [0.1, 0.15) is 11.5 Å². The first-order valence-corrected chi connectivity index (χ1v) is 7.71. The van der Waals surface area contributed by atoms with Crippen LogP contribution in [0.3, 0.4) is 0 Å². The van der Waals surface area contributed by atoms with E-state index in [0.29, 0.717) is 12.8 Å². The molecule has 1 aromatic heterocycles. The molecule has 3 aromatic rings. The van der Waals surface area contributed by atoms with E-state index in [9.17, 15) is 4.79 Å². The second-order valence-corrected chi connectivity index (χ2v) is 5.55. The number of amides is 1. The van der Waals surface area contributed by atoms with Crippen LogP contribution >= 0.6 is 0 Å². The highest BCUT2D eigenvalue weighted by molar-refractivity contribution is 5.90. The molecule has 3 nitrogen and oxygen atoms in total. The zero-order chi connectivity index (χ0) is 16.1. The number of nitrogens with one attached hydrogen (secondary N) is 1. The zero-order valence-electron chi connectivity index (χ0n) is 13.1. The van der Waals surface area contributed by atoms with Crippen LogP contribution in [0.25, 0.3) is 11.3 Å². The maximum Gasteiger partial charge on any atom is 0.224 e. The summed E-state index contributed by atoms with van der Waals surface area (Å²) in [4.78, 5) is 12.0. The zero-order valence-corrected chi connectivity index (χ0v) is 13.1. The SMILES string of the molecule is Cc1ccc(NC(=O)CCc2ccc(-c3ccccc3)o2)cc1. The van der Waals surface area contributed by atoms with Crippen LogP contribution in [0.5, 0.6) is 0 Å². The Morgan fingerprint density at radius 1 is 0.957 bits per heavy atom. The van der Waals surface area contributed by atoms with Crippen LogP contribution in [0.15, 0.2) is 71.1 Å². The highest BCUT2D eigenvalue weighted by Gasteiger charge is 2.07. The lowest BCUT2D eigenvalue weighted by atomic mass is 10.2. The topological polar surface area (TPSA) is 42.2 Å². The molecule has 0 bridgehead atoms. The Morgan fingerprint density at radius 3 is 2.43 bits per heavy atom. The lowest BCUT2D eigenvalue weighted by molar-refractivity contribution is -0.116. The Bertz CT molecular complexity index is 773. The molecule has 0 radical (unpaired) electrons. The molecule has 1 N–H and O–H groups in total. The second kappa shape index (κ2) is 6.97. The van der Waals surface area contributed by atoms with Gasteiger partial charge in [0, 0.05) is 24.1 Å². The standard InChI is InChI=1S/C20H19NO2/c1-15-7-9-17(10-8-15)21-20(22)14-12-18-11-13-19(23-18)16-5-3-2-4-6-16/h2-11,13H,12,14H2,1H3,(H,21,22). The van der Waals surface area contributed by atoms with Gasteiger partial charge in [-0.25, -0.2) is 0 Å². The summed E-state index contributed by atoms with van der Waals surface area (Å²) in [6, 6.07) is 21.6. The van der Waals surface area contributed by atoms with E-state index in [1.165, 1.54) is 5.56 Å². The van der Waals surface area contributed by atoms with Gasteiger partial charge in [0.2, 0.25) is 5.91 Å². The van der Waals surface area contributed by atoms with E-state index in [1.807, 2.05) is 73.7 Å². The van der Waals surface area contributed by atoms with E-state index >= 15 is 0 Å². The first-order valence-electron chi connectivity index (χ1n) is 7.71. The van der Waals surface area contributed by atoms with E-state index in [1.54, 1.807) is 0 Å². The summed E-state index contributed by atoms with van der Waals surface area (Å²) in [5, 5.41) is 2.90. The molecule has 1 amide bonds. The van der Waals surface area contributed by atoms with Crippen LogP contribution in [0.1, 0.15) is 17.7 Å². The minimum absolute atomic E-state index is 0.00786. The van der Waals surface area contributed by atoms with Crippen molar-refractivity contribution in [1.29, 1.82) is 0 Å². The van der Waals surface area contributed by atoms with Crippen LogP contribution in [-0.4, -0.2) is 5.91 Å². The third-order valence-corrected chi connectivity index (χ3v) is 3.65. The number of anilines is 1. The van der Waals surface area contributed by atoms with E-state index < -0.39 is 0 Å². The van der Waals surface area contributed by atoms with Gasteiger partial charge in [-0.05, 0) is 31.2 Å². The summed E-state index contributed by atoms with van der Waals surface area (Å²) < 4.78 is 5.81. The minimum atomic E-state index is -0.00786. The van der Waals surface area contributed by atoms with Crippen molar-refractivity contribution in [2.45, 2.75) is 19.8 Å². The molecule has 3 heteroatoms. The summed E-state index contributed by atoms with van der Waals surface area (Å²) in [7, 11) is 0. The van der Waals surface area contributed by atoms with E-state index in [-0.39, 0.29) is 5.91 Å². The second-order valence-electron chi connectivity index (χ2n) is 5.55. The van der Waals surface area contributed by atoms with Crippen molar-refractivity contribution >= 4 is 11.6 Å². The van der Waals surface area contributed by atoms with Crippen molar-refractivity contribution < 1.29 is 9.21 Å². The lowest BCUT2D eigenvalue weighted by Crippen LogP contribution is -2.12. The van der Waals surface area contributed by atoms with Gasteiger partial charge in [-0.1, -0.05) is 48.0 Å². The van der Waals surface area contributed by atoms with Crippen molar-refractivity contribution in [3.63, 3.8) is 0 Å². The highest BCUT2D eigenvalue weighted by Crippen LogP contribution is 2.22. The lowest BCUT2D eigenvalue weighted by Gasteiger charge is -2.04. The Morgan fingerprint density at radius 2 is 1.70 bits per heavy atom. The average Bonchev–Trinajstić information content (AvgIpc) is 3.05. The first-order chi connectivity index (χ1) is 11.2. The third kappa shape index (κ3) is 4.10. The fourth-order valence-electron chi connectivity index (χ4n) is 2.37. The van der Waals surface area contributed by atoms with Gasteiger partial charge >= 0.3 is 0 Å². The summed E-state index contributed by atoms with van der Waals surface area (Å²) in [6.07, 6.45) is 0.986. The van der Waals surface area contributed by atoms with E-state index in [4.69, 9.17) is 4.42 Å². The molecule has 116 valence electrons. The maximum atomic E-state index is 12.0. The van der Waals surface area contributed by atoms with Crippen molar-refractivity contribution in [2.75, 3.05) is 5.32 Å². The van der Waals surface area contributed by atoms with Crippen LogP contribution in [0.2, 0.25) is 0 Å². The molecule has 0 aliphatic carbocycles. The molecule has 0 fully saturated rings. The molecule has 3 rings (SSSR count). The number of benzene rings is 2. The van der Waals surface area contributed by atoms with Crippen molar-refractivity contribution in [1.82, 2.24) is 0 Å². The number of hydrogen-bond acceptors (Lipinski definition) is 2. The van der Waals surface area contributed by atoms with Gasteiger partial charge in [0.15, 0.2) is 0 Å². The Kier molecular flexibility index (Phi) is 4.57. The monoisotopic (exact) mass is 305 g/mol. The number of carbonyl (C=O) groups is 1. The number of aryl methyl sites for hydroxylation is 2. The predicted molar refractivity (Wildman–Crippen MR) is 92.3 cm³/mol. The summed E-state index contributed by atoms with van der Waals surface area (Å²) in [5.74, 6) is 1.65. The number of rotatable bonds is 5. The molecule has 0 atom stereocenters. The normalized spacial score (nSPS) is 10.5. The van der Waals surface area contributed by atoms with Crippen molar-refractivity contribution in [3.8, 4) is 11.3 Å². The molecule has 0 saturated heterocycles. The Hall–Kier alpha value is -2.81. The van der Waals surface area contributed by atoms with Gasteiger partial charge < -0.3 is 9.73 Å². The van der Waals surface area contributed by atoms with Gasteiger partial charge in [-0.15, -0.1) is 0 Å². The van der Waals surface area contributed by atoms with Gasteiger partial charge in [0.25, 0.3) is 0 Å². The highest BCUT2D eigenvalue weighted by atomic mass is 16.3. The average molecular weight is 305 g/mol. The quantitative estimate of drug-likeness (QED) is 0.734. The summed E-state index contributed by atoms with van der Waals surface area (Å²) in [5.41, 5.74) is 3.04. The molecule has 0 spiro atoms. The molecular formula is C20H19NO2. The van der Waals surface area contributed by atoms with Gasteiger partial charge in [-0.3, -0.25) is 4.79 Å². The fourth-order valence-corrected chi connectivity index (χ4v) is 2.37. The molecular weight excluding hydrogens is 286 g/mol. The third-order valence-electron chi connectivity index (χ3n) is 3.65.